The third-order valence-electron chi connectivity index (χ3n) is 2.56. The number of hydrogen-bond acceptors (Lipinski definition) is 1. The van der Waals surface area contributed by atoms with E-state index in [1.54, 1.807) is 18.2 Å². The van der Waals surface area contributed by atoms with E-state index >= 15 is 0 Å². The second-order valence-electron chi connectivity index (χ2n) is 4.12. The van der Waals surface area contributed by atoms with Gasteiger partial charge < -0.3 is 5.32 Å². The molecule has 0 unspecified atom stereocenters. The molecule has 0 aromatic heterocycles. The number of carbonyl (C=O) groups excluding carboxylic acids is 1. The van der Waals surface area contributed by atoms with Gasteiger partial charge in [0, 0.05) is 27.9 Å². The van der Waals surface area contributed by atoms with Crippen molar-refractivity contribution in [1.29, 1.82) is 0 Å². The number of halogens is 4. The molecule has 2 aromatic rings. The maximum absolute atomic E-state index is 13.0. The molecule has 21 heavy (non-hydrogen) atoms. The Balaban J connectivity index is 2.07. The molecule has 0 saturated heterocycles. The molecule has 108 valence electrons. The van der Waals surface area contributed by atoms with Gasteiger partial charge in [0.2, 0.25) is 5.91 Å². The highest BCUT2D eigenvalue weighted by atomic mass is 35.5. The molecule has 0 aliphatic rings. The third-order valence-corrected chi connectivity index (χ3v) is 3.13. The first-order chi connectivity index (χ1) is 9.95. The Morgan fingerprint density at radius 1 is 1.05 bits per heavy atom. The minimum absolute atomic E-state index is 0.158. The number of anilines is 1. The quantitative estimate of drug-likeness (QED) is 0.796. The molecule has 2 aromatic carbocycles. The molecule has 0 aliphatic carbocycles. The second-order valence-corrected chi connectivity index (χ2v) is 4.96. The van der Waals surface area contributed by atoms with Crippen LogP contribution in [0.15, 0.2) is 42.5 Å². The van der Waals surface area contributed by atoms with Crippen LogP contribution in [0, 0.1) is 11.6 Å². The van der Waals surface area contributed by atoms with Crippen molar-refractivity contribution in [3.05, 3.63) is 69.7 Å². The van der Waals surface area contributed by atoms with Gasteiger partial charge in [0.25, 0.3) is 0 Å². The molecule has 2 rings (SSSR count). The van der Waals surface area contributed by atoms with Gasteiger partial charge in [-0.25, -0.2) is 8.78 Å². The van der Waals surface area contributed by atoms with E-state index < -0.39 is 17.5 Å². The summed E-state index contributed by atoms with van der Waals surface area (Å²) in [5.41, 5.74) is 0.771. The zero-order chi connectivity index (χ0) is 15.4. The van der Waals surface area contributed by atoms with Crippen molar-refractivity contribution in [3.8, 4) is 0 Å². The fourth-order valence-electron chi connectivity index (χ4n) is 1.56. The van der Waals surface area contributed by atoms with Crippen molar-refractivity contribution >= 4 is 40.9 Å². The van der Waals surface area contributed by atoms with Crippen molar-refractivity contribution in [2.24, 2.45) is 0 Å². The molecule has 0 radical (unpaired) electrons. The summed E-state index contributed by atoms with van der Waals surface area (Å²) in [6.07, 6.45) is 2.73. The lowest BCUT2D eigenvalue weighted by Crippen LogP contribution is -2.08. The van der Waals surface area contributed by atoms with E-state index in [4.69, 9.17) is 23.2 Å². The summed E-state index contributed by atoms with van der Waals surface area (Å²) in [6, 6.07) is 7.95. The zero-order valence-electron chi connectivity index (χ0n) is 10.5. The molecular formula is C15H9Cl2F2NO. The minimum atomic E-state index is -1.03. The normalized spacial score (nSPS) is 10.9. The van der Waals surface area contributed by atoms with E-state index in [1.165, 1.54) is 18.2 Å². The molecule has 1 amide bonds. The minimum Gasteiger partial charge on any atom is -0.322 e. The van der Waals surface area contributed by atoms with Gasteiger partial charge in [-0.1, -0.05) is 29.3 Å². The Hall–Kier alpha value is -1.91. The van der Waals surface area contributed by atoms with Gasteiger partial charge in [-0.05, 0) is 35.9 Å². The van der Waals surface area contributed by atoms with Crippen LogP contribution in [-0.2, 0) is 4.79 Å². The number of benzene rings is 2. The first kappa shape index (κ1) is 15.5. The van der Waals surface area contributed by atoms with E-state index in [2.05, 4.69) is 5.32 Å². The number of rotatable bonds is 3. The Labute approximate surface area is 130 Å². The van der Waals surface area contributed by atoms with E-state index in [1.807, 2.05) is 0 Å². The SMILES string of the molecule is O=C(/C=C/c1ccc(Cl)cc1Cl)Nc1ccc(F)c(F)c1. The standard InChI is InChI=1S/C15H9Cl2F2NO/c16-10-3-1-9(12(17)7-10)2-6-15(21)20-11-4-5-13(18)14(19)8-11/h1-8H,(H,20,21)/b6-2+. The molecule has 6 heteroatoms. The van der Waals surface area contributed by atoms with Crippen molar-refractivity contribution in [2.75, 3.05) is 5.32 Å². The van der Waals surface area contributed by atoms with Gasteiger partial charge in [-0.15, -0.1) is 0 Å². The second kappa shape index (κ2) is 6.70. The van der Waals surface area contributed by atoms with Crippen LogP contribution in [0.25, 0.3) is 6.08 Å². The number of hydrogen-bond donors (Lipinski definition) is 1. The van der Waals surface area contributed by atoms with E-state index in [9.17, 15) is 13.6 Å². The lowest BCUT2D eigenvalue weighted by Gasteiger charge is -2.03. The van der Waals surface area contributed by atoms with E-state index in [-0.39, 0.29) is 5.69 Å². The summed E-state index contributed by atoms with van der Waals surface area (Å²) >= 11 is 11.7. The van der Waals surface area contributed by atoms with Crippen LogP contribution in [0.5, 0.6) is 0 Å². The summed E-state index contributed by atoms with van der Waals surface area (Å²) in [5, 5.41) is 3.30. The summed E-state index contributed by atoms with van der Waals surface area (Å²) in [5.74, 6) is -2.50. The molecule has 2 nitrogen and oxygen atoms in total. The molecule has 0 aliphatic heterocycles. The average molecular weight is 328 g/mol. The molecular weight excluding hydrogens is 319 g/mol. The van der Waals surface area contributed by atoms with Crippen molar-refractivity contribution in [1.82, 2.24) is 0 Å². The van der Waals surface area contributed by atoms with Crippen molar-refractivity contribution in [2.45, 2.75) is 0 Å². The van der Waals surface area contributed by atoms with Gasteiger partial charge in [0.1, 0.15) is 0 Å². The highest BCUT2D eigenvalue weighted by Gasteiger charge is 2.04. The molecule has 0 fully saturated rings. The Kier molecular flexibility index (Phi) is 4.94. The molecule has 1 N–H and O–H groups in total. The van der Waals surface area contributed by atoms with Gasteiger partial charge in [-0.3, -0.25) is 4.79 Å². The maximum atomic E-state index is 13.0. The van der Waals surface area contributed by atoms with Gasteiger partial charge in [-0.2, -0.15) is 0 Å². The summed E-state index contributed by atoms with van der Waals surface area (Å²) < 4.78 is 25.8. The molecule has 0 atom stereocenters. The van der Waals surface area contributed by atoms with Crippen LogP contribution >= 0.6 is 23.2 Å². The maximum Gasteiger partial charge on any atom is 0.248 e. The molecule has 0 heterocycles. The summed E-state index contributed by atoms with van der Waals surface area (Å²) in [6.45, 7) is 0. The van der Waals surface area contributed by atoms with E-state index in [0.29, 0.717) is 15.6 Å². The fourth-order valence-corrected chi connectivity index (χ4v) is 2.03. The third kappa shape index (κ3) is 4.28. The number of amides is 1. The van der Waals surface area contributed by atoms with Crippen LogP contribution in [0.2, 0.25) is 10.0 Å². The lowest BCUT2D eigenvalue weighted by molar-refractivity contribution is -0.111. The van der Waals surface area contributed by atoms with Gasteiger partial charge in [0.15, 0.2) is 11.6 Å². The predicted octanol–water partition coefficient (Wildman–Crippen LogP) is 4.92. The highest BCUT2D eigenvalue weighted by Crippen LogP contribution is 2.22. The monoisotopic (exact) mass is 327 g/mol. The van der Waals surface area contributed by atoms with Crippen molar-refractivity contribution in [3.63, 3.8) is 0 Å². The summed E-state index contributed by atoms with van der Waals surface area (Å²) in [4.78, 5) is 11.7. The Morgan fingerprint density at radius 3 is 2.48 bits per heavy atom. The molecule has 0 saturated carbocycles. The fraction of sp³-hybridized carbons (Fsp3) is 0. The molecule has 0 bridgehead atoms. The summed E-state index contributed by atoms with van der Waals surface area (Å²) in [7, 11) is 0. The van der Waals surface area contributed by atoms with Crippen LogP contribution in [0.4, 0.5) is 14.5 Å². The lowest BCUT2D eigenvalue weighted by atomic mass is 10.2. The van der Waals surface area contributed by atoms with Crippen LogP contribution < -0.4 is 5.32 Å². The smallest absolute Gasteiger partial charge is 0.248 e. The van der Waals surface area contributed by atoms with Crippen molar-refractivity contribution < 1.29 is 13.6 Å². The Bertz CT molecular complexity index is 717. The van der Waals surface area contributed by atoms with Crippen LogP contribution in [0.1, 0.15) is 5.56 Å². The average Bonchev–Trinajstić information content (AvgIpc) is 2.42. The zero-order valence-corrected chi connectivity index (χ0v) is 12.1. The number of nitrogens with one attached hydrogen (secondary N) is 1. The van der Waals surface area contributed by atoms with Gasteiger partial charge >= 0.3 is 0 Å². The van der Waals surface area contributed by atoms with E-state index in [0.717, 1.165) is 12.1 Å². The molecule has 0 spiro atoms. The Morgan fingerprint density at radius 2 is 1.81 bits per heavy atom. The van der Waals surface area contributed by atoms with Crippen LogP contribution in [-0.4, -0.2) is 5.91 Å². The van der Waals surface area contributed by atoms with Crippen LogP contribution in [0.3, 0.4) is 0 Å². The predicted molar refractivity (Wildman–Crippen MR) is 80.5 cm³/mol. The number of carbonyl (C=O) groups is 1. The van der Waals surface area contributed by atoms with Gasteiger partial charge in [0.05, 0.1) is 0 Å². The topological polar surface area (TPSA) is 29.1 Å². The first-order valence-electron chi connectivity index (χ1n) is 5.85. The first-order valence-corrected chi connectivity index (χ1v) is 6.60. The largest absolute Gasteiger partial charge is 0.322 e. The highest BCUT2D eigenvalue weighted by molar-refractivity contribution is 6.35.